The van der Waals surface area contributed by atoms with E-state index in [2.05, 4.69) is 13.8 Å². The number of cyclic esters (lactones) is 1. The van der Waals surface area contributed by atoms with Gasteiger partial charge in [-0.25, -0.2) is 0 Å². The van der Waals surface area contributed by atoms with Crippen LogP contribution in [-0.4, -0.2) is 30.5 Å². The Kier molecular flexibility index (Phi) is 6.65. The summed E-state index contributed by atoms with van der Waals surface area (Å²) in [6, 6.07) is 0. The normalized spacial score (nSPS) is 23.4. The minimum Gasteiger partial charge on any atom is -0.460 e. The van der Waals surface area contributed by atoms with Crippen LogP contribution in [0, 0.1) is 11.8 Å². The number of hydrogen-bond donors (Lipinski definition) is 0. The highest BCUT2D eigenvalue weighted by atomic mass is 35.5. The number of hydrogen-bond acceptors (Lipinski definition) is 4. The standard InChI is InChI=1S/C13H21ClO4/c1-9(2)5-6-17-8-11-7-10(13(16)18-11)3-4-12(14)15/h9-11H,3-8H2,1-2H3. The van der Waals surface area contributed by atoms with Crippen molar-refractivity contribution < 1.29 is 19.1 Å². The molecule has 0 aromatic heterocycles. The van der Waals surface area contributed by atoms with Crippen LogP contribution in [0.1, 0.15) is 39.5 Å². The molecule has 2 unspecified atom stereocenters. The number of ether oxygens (including phenoxy) is 2. The first-order chi connectivity index (χ1) is 8.49. The maximum Gasteiger partial charge on any atom is 0.309 e. The molecule has 0 amide bonds. The average Bonchev–Trinajstić information content (AvgIpc) is 2.62. The summed E-state index contributed by atoms with van der Waals surface area (Å²) in [6.45, 7) is 5.41. The molecule has 18 heavy (non-hydrogen) atoms. The summed E-state index contributed by atoms with van der Waals surface area (Å²) in [5, 5.41) is -0.403. The van der Waals surface area contributed by atoms with E-state index in [1.165, 1.54) is 0 Å². The zero-order chi connectivity index (χ0) is 13.5. The van der Waals surface area contributed by atoms with Crippen LogP contribution in [-0.2, 0) is 19.1 Å². The first-order valence-corrected chi connectivity index (χ1v) is 6.83. The molecule has 0 aliphatic carbocycles. The second-order valence-corrected chi connectivity index (χ2v) is 5.56. The Balaban J connectivity index is 2.18. The molecule has 0 aromatic rings. The third-order valence-electron chi connectivity index (χ3n) is 3.00. The van der Waals surface area contributed by atoms with Crippen LogP contribution in [0.4, 0.5) is 0 Å². The number of carbonyl (C=O) groups excluding carboxylic acids is 2. The predicted molar refractivity (Wildman–Crippen MR) is 68.4 cm³/mol. The molecule has 5 heteroatoms. The third kappa shape index (κ3) is 5.83. The van der Waals surface area contributed by atoms with Crippen LogP contribution in [0.25, 0.3) is 0 Å². The largest absolute Gasteiger partial charge is 0.460 e. The second-order valence-electron chi connectivity index (χ2n) is 5.14. The molecule has 1 aliphatic rings. The van der Waals surface area contributed by atoms with Crippen LogP contribution < -0.4 is 0 Å². The highest BCUT2D eigenvalue weighted by Crippen LogP contribution is 2.25. The zero-order valence-electron chi connectivity index (χ0n) is 11.0. The molecule has 1 fully saturated rings. The Morgan fingerprint density at radius 2 is 2.28 bits per heavy atom. The van der Waals surface area contributed by atoms with E-state index < -0.39 is 5.24 Å². The van der Waals surface area contributed by atoms with Gasteiger partial charge in [-0.2, -0.15) is 0 Å². The number of halogens is 1. The van der Waals surface area contributed by atoms with E-state index in [1.807, 2.05) is 0 Å². The summed E-state index contributed by atoms with van der Waals surface area (Å²) < 4.78 is 10.7. The molecule has 0 radical (unpaired) electrons. The number of rotatable bonds is 8. The van der Waals surface area contributed by atoms with Crippen LogP contribution >= 0.6 is 11.6 Å². The first kappa shape index (κ1) is 15.4. The molecule has 0 N–H and O–H groups in total. The highest BCUT2D eigenvalue weighted by Gasteiger charge is 2.34. The van der Waals surface area contributed by atoms with Gasteiger partial charge in [0.2, 0.25) is 5.24 Å². The Morgan fingerprint density at radius 3 is 2.89 bits per heavy atom. The van der Waals surface area contributed by atoms with Crippen LogP contribution in [0.5, 0.6) is 0 Å². The number of carbonyl (C=O) groups is 2. The van der Waals surface area contributed by atoms with Gasteiger partial charge in [0, 0.05) is 13.0 Å². The Hall–Kier alpha value is -0.610. The smallest absolute Gasteiger partial charge is 0.309 e. The van der Waals surface area contributed by atoms with Crippen molar-refractivity contribution in [2.75, 3.05) is 13.2 Å². The lowest BCUT2D eigenvalue weighted by Crippen LogP contribution is -2.16. The van der Waals surface area contributed by atoms with E-state index >= 15 is 0 Å². The van der Waals surface area contributed by atoms with Crippen molar-refractivity contribution in [2.24, 2.45) is 11.8 Å². The van der Waals surface area contributed by atoms with Gasteiger partial charge in [-0.05, 0) is 36.8 Å². The van der Waals surface area contributed by atoms with Gasteiger partial charge in [0.05, 0.1) is 12.5 Å². The lowest BCUT2D eigenvalue weighted by Gasteiger charge is -2.10. The maximum atomic E-state index is 11.5. The Bertz CT molecular complexity index is 291. The minimum atomic E-state index is -0.403. The van der Waals surface area contributed by atoms with Crippen molar-refractivity contribution in [3.8, 4) is 0 Å². The van der Waals surface area contributed by atoms with E-state index in [1.54, 1.807) is 0 Å². The lowest BCUT2D eigenvalue weighted by atomic mass is 10.00. The summed E-state index contributed by atoms with van der Waals surface area (Å²) in [7, 11) is 0. The molecule has 1 saturated heterocycles. The first-order valence-electron chi connectivity index (χ1n) is 6.45. The van der Waals surface area contributed by atoms with Crippen LogP contribution in [0.3, 0.4) is 0 Å². The summed E-state index contributed by atoms with van der Waals surface area (Å²) in [5.74, 6) is 0.176. The monoisotopic (exact) mass is 276 g/mol. The SMILES string of the molecule is CC(C)CCOCC1CC(CCC(=O)Cl)C(=O)O1. The molecule has 104 valence electrons. The topological polar surface area (TPSA) is 52.6 Å². The molecule has 0 bridgehead atoms. The fourth-order valence-electron chi connectivity index (χ4n) is 1.88. The molecule has 0 spiro atoms. The molecule has 1 heterocycles. The van der Waals surface area contributed by atoms with Gasteiger partial charge in [0.25, 0.3) is 0 Å². The molecule has 4 nitrogen and oxygen atoms in total. The summed E-state index contributed by atoms with van der Waals surface area (Å²) >= 11 is 5.26. The van der Waals surface area contributed by atoms with Crippen LogP contribution in [0.15, 0.2) is 0 Å². The fourth-order valence-corrected chi connectivity index (χ4v) is 1.99. The van der Waals surface area contributed by atoms with E-state index in [0.29, 0.717) is 32.0 Å². The van der Waals surface area contributed by atoms with Crippen molar-refractivity contribution in [1.82, 2.24) is 0 Å². The summed E-state index contributed by atoms with van der Waals surface area (Å²) in [4.78, 5) is 22.2. The molecule has 0 aromatic carbocycles. The van der Waals surface area contributed by atoms with Crippen LogP contribution in [0.2, 0.25) is 0 Å². The molecule has 0 saturated carbocycles. The van der Waals surface area contributed by atoms with Crippen molar-refractivity contribution in [2.45, 2.75) is 45.6 Å². The average molecular weight is 277 g/mol. The van der Waals surface area contributed by atoms with Gasteiger partial charge in [-0.3, -0.25) is 9.59 Å². The van der Waals surface area contributed by atoms with Gasteiger partial charge in [0.15, 0.2) is 0 Å². The van der Waals surface area contributed by atoms with Gasteiger partial charge in [0.1, 0.15) is 6.10 Å². The second kappa shape index (κ2) is 7.74. The van der Waals surface area contributed by atoms with Crippen molar-refractivity contribution in [3.05, 3.63) is 0 Å². The van der Waals surface area contributed by atoms with E-state index in [0.717, 1.165) is 6.42 Å². The summed E-state index contributed by atoms with van der Waals surface area (Å²) in [5.41, 5.74) is 0. The van der Waals surface area contributed by atoms with E-state index in [4.69, 9.17) is 21.1 Å². The van der Waals surface area contributed by atoms with Gasteiger partial charge < -0.3 is 9.47 Å². The maximum absolute atomic E-state index is 11.5. The van der Waals surface area contributed by atoms with Gasteiger partial charge in [-0.1, -0.05) is 13.8 Å². The van der Waals surface area contributed by atoms with Crippen molar-refractivity contribution in [3.63, 3.8) is 0 Å². The quantitative estimate of drug-likeness (QED) is 0.388. The Labute approximate surface area is 113 Å². The molecular formula is C13H21ClO4. The zero-order valence-corrected chi connectivity index (χ0v) is 11.7. The molecular weight excluding hydrogens is 256 g/mol. The molecule has 1 rings (SSSR count). The number of esters is 1. The van der Waals surface area contributed by atoms with E-state index in [9.17, 15) is 9.59 Å². The minimum absolute atomic E-state index is 0.167. The molecule has 2 atom stereocenters. The fraction of sp³-hybridized carbons (Fsp3) is 0.846. The Morgan fingerprint density at radius 1 is 1.56 bits per heavy atom. The lowest BCUT2D eigenvalue weighted by molar-refractivity contribution is -0.146. The summed E-state index contributed by atoms with van der Waals surface area (Å²) in [6.07, 6.45) is 2.17. The van der Waals surface area contributed by atoms with Gasteiger partial charge in [-0.15, -0.1) is 0 Å². The van der Waals surface area contributed by atoms with E-state index in [-0.39, 0.29) is 24.4 Å². The van der Waals surface area contributed by atoms with Crippen molar-refractivity contribution >= 4 is 22.8 Å². The molecule has 1 aliphatic heterocycles. The highest BCUT2D eigenvalue weighted by molar-refractivity contribution is 6.63. The predicted octanol–water partition coefficient (Wildman–Crippen LogP) is 2.53. The van der Waals surface area contributed by atoms with Crippen molar-refractivity contribution in [1.29, 1.82) is 0 Å². The third-order valence-corrected chi connectivity index (χ3v) is 3.19. The van der Waals surface area contributed by atoms with Gasteiger partial charge >= 0.3 is 5.97 Å².